The maximum absolute atomic E-state index is 5.61. The van der Waals surface area contributed by atoms with Gasteiger partial charge in [-0.15, -0.1) is 0 Å². The third kappa shape index (κ3) is 4.41. The van der Waals surface area contributed by atoms with Crippen molar-refractivity contribution in [1.82, 2.24) is 5.32 Å². The second-order valence-electron chi connectivity index (χ2n) is 5.13. The lowest BCUT2D eigenvalue weighted by Crippen LogP contribution is -2.32. The summed E-state index contributed by atoms with van der Waals surface area (Å²) in [4.78, 5) is 0. The molecule has 0 fully saturated rings. The van der Waals surface area contributed by atoms with Gasteiger partial charge in [-0.1, -0.05) is 38.8 Å². The molecule has 0 saturated carbocycles. The van der Waals surface area contributed by atoms with E-state index in [1.54, 1.807) is 7.11 Å². The number of hydrogen-bond donors (Lipinski definition) is 1. The average Bonchev–Trinajstić information content (AvgIpc) is 2.46. The van der Waals surface area contributed by atoms with Crippen LogP contribution in [0, 0.1) is 5.92 Å². The van der Waals surface area contributed by atoms with Crippen LogP contribution >= 0.6 is 0 Å². The lowest BCUT2D eigenvalue weighted by molar-refractivity contribution is 0.306. The zero-order chi connectivity index (χ0) is 15.0. The van der Waals surface area contributed by atoms with Gasteiger partial charge in [0.2, 0.25) is 0 Å². The molecule has 0 bridgehead atoms. The molecule has 0 amide bonds. The molecule has 1 N–H and O–H groups in total. The van der Waals surface area contributed by atoms with Crippen LogP contribution in [0.1, 0.15) is 46.1 Å². The number of nitrogens with one attached hydrogen (secondary N) is 1. The van der Waals surface area contributed by atoms with E-state index in [0.29, 0.717) is 12.6 Å². The Morgan fingerprint density at radius 3 is 2.40 bits per heavy atom. The quantitative estimate of drug-likeness (QED) is 0.741. The Hall–Kier alpha value is -1.22. The maximum atomic E-state index is 5.61. The first kappa shape index (κ1) is 16.8. The standard InChI is InChI=1S/C17H29NO2/c1-6-14(7-2)13(4)18-12-15-10-9-11-16(20-8-3)17(15)19-5/h9-11,13-14,18H,6-8,12H2,1-5H3. The first-order valence-corrected chi connectivity index (χ1v) is 7.69. The van der Waals surface area contributed by atoms with Crippen molar-refractivity contribution in [3.63, 3.8) is 0 Å². The summed E-state index contributed by atoms with van der Waals surface area (Å²) in [6.07, 6.45) is 2.42. The Morgan fingerprint density at radius 2 is 1.85 bits per heavy atom. The minimum absolute atomic E-state index is 0.505. The fourth-order valence-corrected chi connectivity index (χ4v) is 2.63. The van der Waals surface area contributed by atoms with Gasteiger partial charge < -0.3 is 14.8 Å². The van der Waals surface area contributed by atoms with Crippen molar-refractivity contribution in [2.45, 2.75) is 53.1 Å². The highest BCUT2D eigenvalue weighted by atomic mass is 16.5. The summed E-state index contributed by atoms with van der Waals surface area (Å²) in [5, 5.41) is 3.61. The Balaban J connectivity index is 2.74. The van der Waals surface area contributed by atoms with Gasteiger partial charge in [0, 0.05) is 18.2 Å². The second kappa shape index (κ2) is 8.85. The van der Waals surface area contributed by atoms with Gasteiger partial charge in [-0.3, -0.25) is 0 Å². The SMILES string of the molecule is CCOc1cccc(CNC(C)C(CC)CC)c1OC. The van der Waals surface area contributed by atoms with Crippen molar-refractivity contribution in [2.24, 2.45) is 5.92 Å². The molecule has 0 aliphatic rings. The number of ether oxygens (including phenoxy) is 2. The van der Waals surface area contributed by atoms with E-state index in [1.807, 2.05) is 19.1 Å². The van der Waals surface area contributed by atoms with E-state index in [0.717, 1.165) is 29.5 Å². The zero-order valence-electron chi connectivity index (χ0n) is 13.5. The van der Waals surface area contributed by atoms with E-state index in [1.165, 1.54) is 12.8 Å². The third-order valence-corrected chi connectivity index (χ3v) is 3.93. The molecular formula is C17H29NO2. The van der Waals surface area contributed by atoms with Gasteiger partial charge in [0.05, 0.1) is 13.7 Å². The number of benzene rings is 1. The molecule has 114 valence electrons. The van der Waals surface area contributed by atoms with Gasteiger partial charge in [-0.25, -0.2) is 0 Å². The van der Waals surface area contributed by atoms with E-state index in [-0.39, 0.29) is 0 Å². The van der Waals surface area contributed by atoms with Crippen molar-refractivity contribution in [1.29, 1.82) is 0 Å². The van der Waals surface area contributed by atoms with Crippen molar-refractivity contribution < 1.29 is 9.47 Å². The molecule has 0 aromatic heterocycles. The Bertz CT molecular complexity index is 389. The highest BCUT2D eigenvalue weighted by Gasteiger charge is 2.15. The first-order valence-electron chi connectivity index (χ1n) is 7.69. The van der Waals surface area contributed by atoms with Gasteiger partial charge in [0.25, 0.3) is 0 Å². The molecule has 3 nitrogen and oxygen atoms in total. The summed E-state index contributed by atoms with van der Waals surface area (Å²) in [6.45, 7) is 10.2. The van der Waals surface area contributed by atoms with Crippen LogP contribution in [0.3, 0.4) is 0 Å². The third-order valence-electron chi connectivity index (χ3n) is 3.93. The van der Waals surface area contributed by atoms with E-state index in [2.05, 4.69) is 32.2 Å². The predicted molar refractivity (Wildman–Crippen MR) is 84.5 cm³/mol. The van der Waals surface area contributed by atoms with Crippen LogP contribution in [0.5, 0.6) is 11.5 Å². The largest absolute Gasteiger partial charge is 0.493 e. The minimum atomic E-state index is 0.505. The molecule has 1 rings (SSSR count). The summed E-state index contributed by atoms with van der Waals surface area (Å²) < 4.78 is 11.1. The molecule has 20 heavy (non-hydrogen) atoms. The van der Waals surface area contributed by atoms with Crippen LogP contribution < -0.4 is 14.8 Å². The highest BCUT2D eigenvalue weighted by Crippen LogP contribution is 2.31. The van der Waals surface area contributed by atoms with Crippen LogP contribution in [0.4, 0.5) is 0 Å². The number of para-hydroxylation sites is 1. The monoisotopic (exact) mass is 279 g/mol. The molecule has 0 heterocycles. The molecule has 3 heteroatoms. The normalized spacial score (nSPS) is 12.5. The molecule has 0 spiro atoms. The number of rotatable bonds is 9. The first-order chi connectivity index (χ1) is 9.67. The molecule has 0 aliphatic heterocycles. The molecule has 1 aromatic carbocycles. The Kier molecular flexibility index (Phi) is 7.45. The molecule has 1 atom stereocenters. The Labute approximate surface area is 123 Å². The van der Waals surface area contributed by atoms with Gasteiger partial charge >= 0.3 is 0 Å². The summed E-state index contributed by atoms with van der Waals surface area (Å²) in [7, 11) is 1.70. The summed E-state index contributed by atoms with van der Waals surface area (Å²) in [5.41, 5.74) is 1.15. The lowest BCUT2D eigenvalue weighted by Gasteiger charge is -2.23. The van der Waals surface area contributed by atoms with Crippen LogP contribution in [-0.2, 0) is 6.54 Å². The van der Waals surface area contributed by atoms with Crippen LogP contribution in [0.15, 0.2) is 18.2 Å². The summed E-state index contributed by atoms with van der Waals surface area (Å²) in [5.74, 6) is 2.39. The van der Waals surface area contributed by atoms with Gasteiger partial charge in [-0.05, 0) is 25.8 Å². The Morgan fingerprint density at radius 1 is 1.15 bits per heavy atom. The molecule has 0 saturated heterocycles. The van der Waals surface area contributed by atoms with Gasteiger partial charge in [0.1, 0.15) is 0 Å². The van der Waals surface area contributed by atoms with Crippen LogP contribution in [0.2, 0.25) is 0 Å². The highest BCUT2D eigenvalue weighted by molar-refractivity contribution is 5.46. The van der Waals surface area contributed by atoms with Crippen molar-refractivity contribution in [3.8, 4) is 11.5 Å². The second-order valence-corrected chi connectivity index (χ2v) is 5.13. The molecule has 0 radical (unpaired) electrons. The zero-order valence-corrected chi connectivity index (χ0v) is 13.5. The van der Waals surface area contributed by atoms with E-state index < -0.39 is 0 Å². The number of hydrogen-bond acceptors (Lipinski definition) is 3. The molecule has 1 aromatic rings. The van der Waals surface area contributed by atoms with Crippen molar-refractivity contribution >= 4 is 0 Å². The predicted octanol–water partition coefficient (Wildman–Crippen LogP) is 4.01. The fraction of sp³-hybridized carbons (Fsp3) is 0.647. The molecular weight excluding hydrogens is 250 g/mol. The van der Waals surface area contributed by atoms with Gasteiger partial charge in [-0.2, -0.15) is 0 Å². The topological polar surface area (TPSA) is 30.5 Å². The summed E-state index contributed by atoms with van der Waals surface area (Å²) >= 11 is 0. The maximum Gasteiger partial charge on any atom is 0.165 e. The molecule has 0 aliphatic carbocycles. The van der Waals surface area contributed by atoms with E-state index in [9.17, 15) is 0 Å². The average molecular weight is 279 g/mol. The van der Waals surface area contributed by atoms with E-state index >= 15 is 0 Å². The number of methoxy groups -OCH3 is 1. The van der Waals surface area contributed by atoms with E-state index in [4.69, 9.17) is 9.47 Å². The molecule has 1 unspecified atom stereocenters. The lowest BCUT2D eigenvalue weighted by atomic mass is 9.95. The van der Waals surface area contributed by atoms with Gasteiger partial charge in [0.15, 0.2) is 11.5 Å². The van der Waals surface area contributed by atoms with Crippen LogP contribution in [0.25, 0.3) is 0 Å². The smallest absolute Gasteiger partial charge is 0.165 e. The summed E-state index contributed by atoms with van der Waals surface area (Å²) in [6, 6.07) is 6.57. The van der Waals surface area contributed by atoms with Crippen LogP contribution in [-0.4, -0.2) is 19.8 Å². The minimum Gasteiger partial charge on any atom is -0.493 e. The fourth-order valence-electron chi connectivity index (χ4n) is 2.63. The van der Waals surface area contributed by atoms with Crippen molar-refractivity contribution in [2.75, 3.05) is 13.7 Å². The van der Waals surface area contributed by atoms with Crippen molar-refractivity contribution in [3.05, 3.63) is 23.8 Å².